The van der Waals surface area contributed by atoms with Gasteiger partial charge >= 0.3 is 0 Å². The third-order valence-electron chi connectivity index (χ3n) is 3.57. The zero-order chi connectivity index (χ0) is 17.7. The molecule has 5 nitrogen and oxygen atoms in total. The minimum atomic E-state index is -0.439. The van der Waals surface area contributed by atoms with Crippen LogP contribution in [0, 0.1) is 10.1 Å². The third-order valence-corrected chi connectivity index (χ3v) is 4.69. The van der Waals surface area contributed by atoms with E-state index in [2.05, 4.69) is 19.2 Å². The summed E-state index contributed by atoms with van der Waals surface area (Å²) in [6, 6.07) is 14.0. The Kier molecular flexibility index (Phi) is 5.98. The lowest BCUT2D eigenvalue weighted by Crippen LogP contribution is -2.22. The second kappa shape index (κ2) is 7.97. The highest BCUT2D eigenvalue weighted by Gasteiger charge is 2.15. The maximum atomic E-state index is 12.3. The number of anilines is 1. The molecule has 0 radical (unpaired) electrons. The van der Waals surface area contributed by atoms with E-state index in [4.69, 9.17) is 0 Å². The molecule has 1 N–H and O–H groups in total. The van der Waals surface area contributed by atoms with Crippen LogP contribution in [0.4, 0.5) is 11.4 Å². The van der Waals surface area contributed by atoms with Gasteiger partial charge in [-0.2, -0.15) is 0 Å². The molecule has 0 spiro atoms. The number of hydrogen-bond donors (Lipinski definition) is 1. The van der Waals surface area contributed by atoms with Crippen molar-refractivity contribution in [2.45, 2.75) is 36.8 Å². The predicted octanol–water partition coefficient (Wildman–Crippen LogP) is 4.84. The van der Waals surface area contributed by atoms with Crippen molar-refractivity contribution < 1.29 is 9.72 Å². The first-order valence-electron chi connectivity index (χ1n) is 7.68. The second-order valence-electron chi connectivity index (χ2n) is 5.78. The molecule has 0 aliphatic carbocycles. The number of carbonyl (C=O) groups excluding carboxylic acids is 1. The number of nitro groups is 1. The van der Waals surface area contributed by atoms with Crippen molar-refractivity contribution in [2.24, 2.45) is 0 Å². The van der Waals surface area contributed by atoms with Crippen molar-refractivity contribution in [3.05, 3.63) is 64.2 Å². The lowest BCUT2D eigenvalue weighted by molar-refractivity contribution is -0.384. The van der Waals surface area contributed by atoms with Gasteiger partial charge in [0, 0.05) is 22.7 Å². The zero-order valence-corrected chi connectivity index (χ0v) is 14.7. The minimum absolute atomic E-state index is 0.0432. The maximum absolute atomic E-state index is 12.3. The molecule has 2 aromatic carbocycles. The molecule has 6 heteroatoms. The zero-order valence-electron chi connectivity index (χ0n) is 13.9. The van der Waals surface area contributed by atoms with E-state index in [0.29, 0.717) is 5.92 Å². The van der Waals surface area contributed by atoms with E-state index in [1.165, 1.54) is 29.5 Å². The average Bonchev–Trinajstić information content (AvgIpc) is 2.55. The molecular weight excluding hydrogens is 324 g/mol. The average molecular weight is 344 g/mol. The molecule has 0 aliphatic rings. The SMILES string of the molecule is CC(Sc1ccc([N+](=O)[O-])cc1)C(=O)Nc1ccc(C(C)C)cc1. The number of carbonyl (C=O) groups is 1. The Bertz CT molecular complexity index is 712. The molecule has 0 fully saturated rings. The molecule has 0 saturated carbocycles. The van der Waals surface area contributed by atoms with Crippen LogP contribution < -0.4 is 5.32 Å². The van der Waals surface area contributed by atoms with Gasteiger partial charge in [0.15, 0.2) is 0 Å². The van der Waals surface area contributed by atoms with Gasteiger partial charge in [0.25, 0.3) is 5.69 Å². The highest BCUT2D eigenvalue weighted by Crippen LogP contribution is 2.26. The quantitative estimate of drug-likeness (QED) is 0.462. The van der Waals surface area contributed by atoms with Crippen molar-refractivity contribution in [2.75, 3.05) is 5.32 Å². The van der Waals surface area contributed by atoms with E-state index in [1.807, 2.05) is 31.2 Å². The molecule has 1 atom stereocenters. The number of non-ortho nitro benzene ring substituents is 1. The summed E-state index contributed by atoms with van der Waals surface area (Å²) in [5, 5.41) is 13.2. The Morgan fingerprint density at radius 1 is 1.04 bits per heavy atom. The van der Waals surface area contributed by atoms with Crippen molar-refractivity contribution in [3.63, 3.8) is 0 Å². The van der Waals surface area contributed by atoms with Gasteiger partial charge in [-0.1, -0.05) is 26.0 Å². The number of rotatable bonds is 6. The van der Waals surface area contributed by atoms with Crippen LogP contribution in [0.25, 0.3) is 0 Å². The Labute approximate surface area is 145 Å². The summed E-state index contributed by atoms with van der Waals surface area (Å²) in [7, 11) is 0. The van der Waals surface area contributed by atoms with E-state index in [9.17, 15) is 14.9 Å². The monoisotopic (exact) mass is 344 g/mol. The van der Waals surface area contributed by atoms with Gasteiger partial charge in [-0.25, -0.2) is 0 Å². The minimum Gasteiger partial charge on any atom is -0.325 e. The number of amides is 1. The fourth-order valence-corrected chi connectivity index (χ4v) is 2.97. The Morgan fingerprint density at radius 2 is 1.62 bits per heavy atom. The van der Waals surface area contributed by atoms with Crippen LogP contribution in [-0.4, -0.2) is 16.1 Å². The Morgan fingerprint density at radius 3 is 2.12 bits per heavy atom. The summed E-state index contributed by atoms with van der Waals surface area (Å²) < 4.78 is 0. The van der Waals surface area contributed by atoms with Crippen LogP contribution in [0.15, 0.2) is 53.4 Å². The lowest BCUT2D eigenvalue weighted by Gasteiger charge is -2.13. The molecule has 0 aliphatic heterocycles. The number of nitro benzene ring substituents is 1. The number of hydrogen-bond acceptors (Lipinski definition) is 4. The first kappa shape index (κ1) is 18.0. The van der Waals surface area contributed by atoms with Gasteiger partial charge in [-0.05, 0) is 42.7 Å². The van der Waals surface area contributed by atoms with E-state index in [0.717, 1.165) is 10.6 Å². The van der Waals surface area contributed by atoms with Gasteiger partial charge in [0.2, 0.25) is 5.91 Å². The molecule has 2 rings (SSSR count). The highest BCUT2D eigenvalue weighted by molar-refractivity contribution is 8.00. The first-order valence-corrected chi connectivity index (χ1v) is 8.56. The Balaban J connectivity index is 1.95. The summed E-state index contributed by atoms with van der Waals surface area (Å²) in [4.78, 5) is 23.3. The van der Waals surface area contributed by atoms with Crippen molar-refractivity contribution in [3.8, 4) is 0 Å². The van der Waals surface area contributed by atoms with E-state index < -0.39 is 4.92 Å². The molecule has 0 heterocycles. The van der Waals surface area contributed by atoms with Gasteiger partial charge in [-0.3, -0.25) is 14.9 Å². The second-order valence-corrected chi connectivity index (χ2v) is 7.19. The molecule has 126 valence electrons. The normalized spacial score (nSPS) is 12.0. The summed E-state index contributed by atoms with van der Waals surface area (Å²) in [6.07, 6.45) is 0. The molecule has 2 aromatic rings. The number of nitrogens with zero attached hydrogens (tertiary/aromatic N) is 1. The fourth-order valence-electron chi connectivity index (χ4n) is 2.10. The largest absolute Gasteiger partial charge is 0.325 e. The topological polar surface area (TPSA) is 72.2 Å². The molecule has 1 unspecified atom stereocenters. The van der Waals surface area contributed by atoms with Gasteiger partial charge in [-0.15, -0.1) is 11.8 Å². The summed E-state index contributed by atoms with van der Waals surface area (Å²) in [6.45, 7) is 6.05. The van der Waals surface area contributed by atoms with Crippen LogP contribution >= 0.6 is 11.8 Å². The highest BCUT2D eigenvalue weighted by atomic mass is 32.2. The first-order chi connectivity index (χ1) is 11.4. The lowest BCUT2D eigenvalue weighted by atomic mass is 10.0. The van der Waals surface area contributed by atoms with Crippen LogP contribution in [-0.2, 0) is 4.79 Å². The molecule has 0 saturated heterocycles. The standard InChI is InChI=1S/C18H20N2O3S/c1-12(2)14-4-6-15(7-5-14)19-18(21)13(3)24-17-10-8-16(9-11-17)20(22)23/h4-13H,1-3H3,(H,19,21). The van der Waals surface area contributed by atoms with Crippen molar-refractivity contribution in [1.29, 1.82) is 0 Å². The number of benzene rings is 2. The van der Waals surface area contributed by atoms with Gasteiger partial charge in [0.05, 0.1) is 10.2 Å². The summed E-state index contributed by atoms with van der Waals surface area (Å²) in [5.41, 5.74) is 2.03. The maximum Gasteiger partial charge on any atom is 0.269 e. The molecule has 1 amide bonds. The van der Waals surface area contributed by atoms with Gasteiger partial charge in [0.1, 0.15) is 0 Å². The summed E-state index contributed by atoms with van der Waals surface area (Å²) in [5.74, 6) is 0.349. The number of thioether (sulfide) groups is 1. The van der Waals surface area contributed by atoms with Crippen LogP contribution in [0.3, 0.4) is 0 Å². The van der Waals surface area contributed by atoms with E-state index in [1.54, 1.807) is 12.1 Å². The van der Waals surface area contributed by atoms with Crippen molar-refractivity contribution >= 4 is 29.0 Å². The third kappa shape index (κ3) is 4.83. The Hall–Kier alpha value is -2.34. The predicted molar refractivity (Wildman–Crippen MR) is 97.6 cm³/mol. The molecule has 0 bridgehead atoms. The number of nitrogens with one attached hydrogen (secondary N) is 1. The van der Waals surface area contributed by atoms with Crippen LogP contribution in [0.1, 0.15) is 32.3 Å². The molecule has 0 aromatic heterocycles. The molecule has 24 heavy (non-hydrogen) atoms. The smallest absolute Gasteiger partial charge is 0.269 e. The van der Waals surface area contributed by atoms with E-state index >= 15 is 0 Å². The van der Waals surface area contributed by atoms with E-state index in [-0.39, 0.29) is 16.8 Å². The fraction of sp³-hybridized carbons (Fsp3) is 0.278. The van der Waals surface area contributed by atoms with Crippen LogP contribution in [0.2, 0.25) is 0 Å². The van der Waals surface area contributed by atoms with Crippen LogP contribution in [0.5, 0.6) is 0 Å². The molecular formula is C18H20N2O3S. The summed E-state index contributed by atoms with van der Waals surface area (Å²) >= 11 is 1.36. The van der Waals surface area contributed by atoms with Gasteiger partial charge < -0.3 is 5.32 Å². The van der Waals surface area contributed by atoms with Crippen molar-refractivity contribution in [1.82, 2.24) is 0 Å².